The molecule has 1 aliphatic carbocycles. The number of morpholine rings is 1. The molecule has 0 amide bonds. The first-order valence-corrected chi connectivity index (χ1v) is 12.4. The number of nitrogens with two attached hydrogens (primary N) is 1. The highest BCUT2D eigenvalue weighted by molar-refractivity contribution is 6.32. The predicted octanol–water partition coefficient (Wildman–Crippen LogP) is 3.14. The zero-order valence-electron chi connectivity index (χ0n) is 19.4. The summed E-state index contributed by atoms with van der Waals surface area (Å²) in [5.41, 5.74) is 7.77. The lowest BCUT2D eigenvalue weighted by Crippen LogP contribution is -2.46. The van der Waals surface area contributed by atoms with Crippen molar-refractivity contribution in [2.45, 2.75) is 82.6 Å². The molecule has 180 valence electrons. The van der Waals surface area contributed by atoms with Crippen LogP contribution in [0.4, 0.5) is 11.8 Å². The molecule has 10 heteroatoms. The number of anilines is 2. The lowest BCUT2D eigenvalue weighted by molar-refractivity contribution is 0.00297. The first-order valence-electron chi connectivity index (χ1n) is 12.1. The minimum absolute atomic E-state index is 0.127. The average molecular weight is 476 g/mol. The summed E-state index contributed by atoms with van der Waals surface area (Å²) < 4.78 is 11.6. The molecule has 1 aromatic heterocycles. The number of halogens is 1. The third-order valence-electron chi connectivity index (χ3n) is 7.23. The molecule has 3 fully saturated rings. The van der Waals surface area contributed by atoms with E-state index in [1.54, 1.807) is 6.20 Å². The van der Waals surface area contributed by atoms with Crippen molar-refractivity contribution in [1.29, 1.82) is 0 Å². The summed E-state index contributed by atoms with van der Waals surface area (Å²) in [6.07, 6.45) is 8.52. The fraction of sp³-hybridized carbons (Fsp3) is 0.696. The molecule has 4 bridgehead atoms. The number of rotatable bonds is 3. The van der Waals surface area contributed by atoms with Crippen LogP contribution >= 0.6 is 11.6 Å². The second-order valence-electron chi connectivity index (χ2n) is 9.66. The summed E-state index contributed by atoms with van der Waals surface area (Å²) in [6.45, 7) is 6.51. The molecule has 0 aromatic carbocycles. The Bertz CT molecular complexity index is 931. The van der Waals surface area contributed by atoms with Gasteiger partial charge in [0.15, 0.2) is 5.82 Å². The van der Waals surface area contributed by atoms with E-state index in [2.05, 4.69) is 32.4 Å². The number of aliphatic imine (C=N–C) groups is 1. The number of ether oxygens (including phenoxy) is 2. The summed E-state index contributed by atoms with van der Waals surface area (Å²) in [6, 6.07) is 1.69. The quantitative estimate of drug-likeness (QED) is 0.572. The van der Waals surface area contributed by atoms with Crippen LogP contribution in [0.15, 0.2) is 22.8 Å². The maximum atomic E-state index is 6.34. The minimum Gasteiger partial charge on any atom is -0.478 e. The van der Waals surface area contributed by atoms with Gasteiger partial charge in [0.1, 0.15) is 10.7 Å². The molecule has 1 saturated carbocycles. The fourth-order valence-corrected chi connectivity index (χ4v) is 5.57. The molecule has 1 unspecified atom stereocenters. The largest absolute Gasteiger partial charge is 0.478 e. The Morgan fingerprint density at radius 3 is 2.79 bits per heavy atom. The van der Waals surface area contributed by atoms with Crippen LogP contribution in [0.5, 0.6) is 0 Å². The summed E-state index contributed by atoms with van der Waals surface area (Å²) in [7, 11) is 0. The number of likely N-dealkylation sites (tertiary alicyclic amines) is 1. The van der Waals surface area contributed by atoms with E-state index in [-0.39, 0.29) is 12.1 Å². The second-order valence-corrected chi connectivity index (χ2v) is 10.1. The molecule has 3 aliphatic heterocycles. The molecular weight excluding hydrogens is 442 g/mol. The van der Waals surface area contributed by atoms with Crippen molar-refractivity contribution in [3.8, 4) is 0 Å². The zero-order chi connectivity index (χ0) is 22.9. The first kappa shape index (κ1) is 22.7. The number of aromatic nitrogens is 2. The van der Waals surface area contributed by atoms with E-state index in [9.17, 15) is 0 Å². The van der Waals surface area contributed by atoms with Gasteiger partial charge in [-0.3, -0.25) is 9.89 Å². The molecule has 0 radical (unpaired) electrons. The van der Waals surface area contributed by atoms with Gasteiger partial charge >= 0.3 is 0 Å². The van der Waals surface area contributed by atoms with Crippen LogP contribution in [-0.2, 0) is 9.47 Å². The van der Waals surface area contributed by atoms with Crippen molar-refractivity contribution in [1.82, 2.24) is 14.9 Å². The smallest absolute Gasteiger partial charge is 0.229 e. The van der Waals surface area contributed by atoms with Crippen molar-refractivity contribution >= 4 is 29.1 Å². The van der Waals surface area contributed by atoms with Crippen LogP contribution in [0.3, 0.4) is 0 Å². The Labute approximate surface area is 200 Å². The Kier molecular flexibility index (Phi) is 6.62. The van der Waals surface area contributed by atoms with Crippen molar-refractivity contribution < 1.29 is 9.47 Å². The third kappa shape index (κ3) is 5.05. The molecule has 4 heterocycles. The lowest BCUT2D eigenvalue weighted by atomic mass is 9.90. The van der Waals surface area contributed by atoms with Crippen molar-refractivity contribution in [2.24, 2.45) is 10.7 Å². The van der Waals surface area contributed by atoms with Crippen LogP contribution in [0.1, 0.15) is 52.4 Å². The van der Waals surface area contributed by atoms with Gasteiger partial charge in [-0.15, -0.1) is 0 Å². The topological polar surface area (TPSA) is 110 Å². The van der Waals surface area contributed by atoms with Crippen molar-refractivity contribution in [3.05, 3.63) is 22.8 Å². The van der Waals surface area contributed by atoms with Gasteiger partial charge in [0.05, 0.1) is 37.3 Å². The Balaban J connectivity index is 1.29. The van der Waals surface area contributed by atoms with Crippen LogP contribution in [0.2, 0.25) is 5.02 Å². The summed E-state index contributed by atoms with van der Waals surface area (Å²) in [4.78, 5) is 16.6. The standard InChI is InChI=1S/C23H34ClN7O2/c1-13-7-8-32-21(25)20(29-23-26-10-19(24)22(27-13)30-23)14(2)28-15-3-5-16(6-4-15)31-11-18-9-17(31)12-33-18/h10,13,15-18H,3-9,11-12,25H2,1-2H3,(H2,26,27,29,30)/t13?,15?,16?,17-,18-/m1/s1. The van der Waals surface area contributed by atoms with Gasteiger partial charge in [0.2, 0.25) is 11.8 Å². The molecule has 4 aliphatic rings. The van der Waals surface area contributed by atoms with Crippen LogP contribution < -0.4 is 16.4 Å². The van der Waals surface area contributed by atoms with E-state index in [4.69, 9.17) is 31.8 Å². The molecule has 4 N–H and O–H groups in total. The fourth-order valence-electron chi connectivity index (χ4n) is 5.43. The normalized spacial score (nSPS) is 33.2. The molecule has 1 aromatic rings. The molecule has 0 spiro atoms. The molecule has 33 heavy (non-hydrogen) atoms. The van der Waals surface area contributed by atoms with E-state index in [1.165, 1.54) is 19.3 Å². The number of nitrogens with one attached hydrogen (secondary N) is 2. The number of allylic oxidation sites excluding steroid dienone is 1. The predicted molar refractivity (Wildman–Crippen MR) is 130 cm³/mol. The van der Waals surface area contributed by atoms with Crippen LogP contribution in [0, 0.1) is 0 Å². The van der Waals surface area contributed by atoms with Crippen LogP contribution in [-0.4, -0.2) is 70.6 Å². The van der Waals surface area contributed by atoms with Gasteiger partial charge in [-0.05, 0) is 46.0 Å². The number of nitrogens with zero attached hydrogens (tertiary/aromatic N) is 4. The van der Waals surface area contributed by atoms with Gasteiger partial charge in [0, 0.05) is 31.1 Å². The summed E-state index contributed by atoms with van der Waals surface area (Å²) >= 11 is 6.27. The van der Waals surface area contributed by atoms with Crippen molar-refractivity contribution in [2.75, 3.05) is 30.4 Å². The van der Waals surface area contributed by atoms with E-state index in [0.29, 0.717) is 53.2 Å². The van der Waals surface area contributed by atoms with Gasteiger partial charge in [-0.2, -0.15) is 4.98 Å². The molecule has 3 atom stereocenters. The monoisotopic (exact) mass is 475 g/mol. The maximum Gasteiger partial charge on any atom is 0.229 e. The lowest BCUT2D eigenvalue weighted by Gasteiger charge is -2.38. The van der Waals surface area contributed by atoms with Crippen LogP contribution in [0.25, 0.3) is 0 Å². The molecule has 9 nitrogen and oxygen atoms in total. The van der Waals surface area contributed by atoms with Gasteiger partial charge in [-0.1, -0.05) is 11.6 Å². The second kappa shape index (κ2) is 9.64. The van der Waals surface area contributed by atoms with Gasteiger partial charge < -0.3 is 25.8 Å². The first-order chi connectivity index (χ1) is 16.0. The van der Waals surface area contributed by atoms with Gasteiger partial charge in [0.25, 0.3) is 0 Å². The molecule has 2 saturated heterocycles. The summed E-state index contributed by atoms with van der Waals surface area (Å²) in [5, 5.41) is 7.01. The highest BCUT2D eigenvalue weighted by Gasteiger charge is 2.42. The van der Waals surface area contributed by atoms with Crippen molar-refractivity contribution in [3.63, 3.8) is 0 Å². The Hall–Kier alpha value is -2.10. The molecular formula is C23H34ClN7O2. The van der Waals surface area contributed by atoms with E-state index in [0.717, 1.165) is 38.1 Å². The number of hydrogen-bond donors (Lipinski definition) is 3. The molecule has 5 rings (SSSR count). The average Bonchev–Trinajstić information content (AvgIpc) is 3.43. The Morgan fingerprint density at radius 2 is 2.06 bits per heavy atom. The number of hydrogen-bond acceptors (Lipinski definition) is 9. The third-order valence-corrected chi connectivity index (χ3v) is 7.51. The van der Waals surface area contributed by atoms with E-state index < -0.39 is 0 Å². The minimum atomic E-state index is 0.127. The van der Waals surface area contributed by atoms with Gasteiger partial charge in [-0.25, -0.2) is 4.98 Å². The number of fused-ring (bicyclic) bond motifs is 4. The highest BCUT2D eigenvalue weighted by atomic mass is 35.5. The maximum absolute atomic E-state index is 6.34. The Morgan fingerprint density at radius 1 is 1.24 bits per heavy atom. The highest BCUT2D eigenvalue weighted by Crippen LogP contribution is 2.35. The SMILES string of the molecule is CC(=NC1CCC(N2C[C@H]3C[C@@H]2CO3)CC1)C1=C(N)OCCC(C)Nc2nc(ncc2Cl)N1. The zero-order valence-corrected chi connectivity index (χ0v) is 20.1. The summed E-state index contributed by atoms with van der Waals surface area (Å²) in [5.74, 6) is 1.31. The van der Waals surface area contributed by atoms with E-state index in [1.807, 2.05) is 6.92 Å². The van der Waals surface area contributed by atoms with E-state index >= 15 is 0 Å².